The Labute approximate surface area is 33.5 Å². The van der Waals surface area contributed by atoms with Crippen LogP contribution in [0.5, 0.6) is 0 Å². The summed E-state index contributed by atoms with van der Waals surface area (Å²) in [5, 5.41) is 0. The van der Waals surface area contributed by atoms with Crippen molar-refractivity contribution in [2.24, 2.45) is 0 Å². The van der Waals surface area contributed by atoms with Crippen LogP contribution in [0.4, 0.5) is 0 Å². The second-order valence-electron chi connectivity index (χ2n) is 0.676. The number of rotatable bonds is 2. The van der Waals surface area contributed by atoms with Gasteiger partial charge in [0.15, 0.2) is 0 Å². The standard InChI is InChI=1S/C2H7NOSi/c1-2-3-5-4/h3,5H,2H2,1H3. The monoisotopic (exact) mass is 89.0 g/mol. The molecule has 0 bridgehead atoms. The number of hydrogen-bond acceptors (Lipinski definition) is 1. The van der Waals surface area contributed by atoms with Crippen LogP contribution < -0.4 is 4.98 Å². The highest BCUT2D eigenvalue weighted by molar-refractivity contribution is 6.12. The van der Waals surface area contributed by atoms with Crippen molar-refractivity contribution >= 4 is 9.57 Å². The molecule has 0 amide bonds. The fraction of sp³-hybridized carbons (Fsp3) is 1.00. The van der Waals surface area contributed by atoms with Crippen molar-refractivity contribution in [2.75, 3.05) is 6.54 Å². The molecule has 0 saturated carbocycles. The summed E-state index contributed by atoms with van der Waals surface area (Å²) >= 11 is 0. The summed E-state index contributed by atoms with van der Waals surface area (Å²) in [6, 6.07) is 0. The average Bonchev–Trinajstić information content (AvgIpc) is 1.41. The van der Waals surface area contributed by atoms with E-state index in [9.17, 15) is 4.46 Å². The fourth-order valence-corrected chi connectivity index (χ4v) is 0.250. The zero-order valence-electron chi connectivity index (χ0n) is 3.19. The van der Waals surface area contributed by atoms with Crippen LogP contribution in [0.2, 0.25) is 0 Å². The molecule has 0 aromatic carbocycles. The van der Waals surface area contributed by atoms with Gasteiger partial charge in [-0.05, 0) is 6.92 Å². The second kappa shape index (κ2) is 3.82. The Morgan fingerprint density at radius 1 is 2.00 bits per heavy atom. The van der Waals surface area contributed by atoms with Crippen LogP contribution in [0.3, 0.4) is 0 Å². The van der Waals surface area contributed by atoms with Gasteiger partial charge in [0.25, 0.3) is 0 Å². The lowest BCUT2D eigenvalue weighted by Crippen LogP contribution is -2.09. The Morgan fingerprint density at radius 2 is 2.60 bits per heavy atom. The Balaban J connectivity index is 2.40. The normalized spacial score (nSPS) is 6.60. The maximum Gasteiger partial charge on any atom is 0.376 e. The lowest BCUT2D eigenvalue weighted by Gasteiger charge is -1.78. The molecule has 0 rings (SSSR count). The van der Waals surface area contributed by atoms with Crippen molar-refractivity contribution in [3.05, 3.63) is 0 Å². The number of nitrogens with one attached hydrogen (secondary N) is 1. The molecule has 30 valence electrons. The minimum absolute atomic E-state index is 0.714. The van der Waals surface area contributed by atoms with Crippen LogP contribution in [0.25, 0.3) is 0 Å². The third-order valence-electron chi connectivity index (χ3n) is 0.287. The molecule has 0 aromatic rings. The Hall–Kier alpha value is -0.183. The van der Waals surface area contributed by atoms with Crippen LogP contribution in [0, 0.1) is 0 Å². The highest BCUT2D eigenvalue weighted by Crippen LogP contribution is 1.36. The molecule has 0 atom stereocenters. The predicted molar refractivity (Wildman–Crippen MR) is 21.5 cm³/mol. The first-order valence-electron chi connectivity index (χ1n) is 1.59. The van der Waals surface area contributed by atoms with Crippen LogP contribution >= 0.6 is 0 Å². The van der Waals surface area contributed by atoms with Crippen LogP contribution in [0.15, 0.2) is 0 Å². The first-order chi connectivity index (χ1) is 2.41. The van der Waals surface area contributed by atoms with E-state index < -0.39 is 9.57 Å². The SMILES string of the molecule is CCN[SiH]=O. The van der Waals surface area contributed by atoms with Crippen molar-refractivity contribution in [2.45, 2.75) is 6.92 Å². The quantitative estimate of drug-likeness (QED) is 0.453. The highest BCUT2D eigenvalue weighted by Gasteiger charge is 1.62. The van der Waals surface area contributed by atoms with E-state index in [1.165, 1.54) is 0 Å². The molecule has 5 heavy (non-hydrogen) atoms. The maximum atomic E-state index is 9.50. The summed E-state index contributed by atoms with van der Waals surface area (Å²) in [7, 11) is -0.714. The number of hydrogen-bond donors (Lipinski definition) is 1. The molecule has 0 aliphatic carbocycles. The summed E-state index contributed by atoms with van der Waals surface area (Å²) in [5.74, 6) is 0. The molecule has 0 aromatic heterocycles. The van der Waals surface area contributed by atoms with Crippen LogP contribution in [-0.2, 0) is 4.46 Å². The topological polar surface area (TPSA) is 29.1 Å². The van der Waals surface area contributed by atoms with Crippen molar-refractivity contribution in [3.8, 4) is 0 Å². The van der Waals surface area contributed by atoms with Gasteiger partial charge in [-0.2, -0.15) is 0 Å². The molecule has 0 heterocycles. The Bertz CT molecular complexity index is 30.8. The van der Waals surface area contributed by atoms with E-state index in [1.54, 1.807) is 0 Å². The molecule has 0 aliphatic rings. The third-order valence-corrected chi connectivity index (χ3v) is 0.862. The van der Waals surface area contributed by atoms with E-state index in [0.717, 1.165) is 6.54 Å². The summed E-state index contributed by atoms with van der Waals surface area (Å²) in [5.41, 5.74) is 0. The van der Waals surface area contributed by atoms with Gasteiger partial charge in [-0.3, -0.25) is 0 Å². The smallest absolute Gasteiger partial charge is 0.376 e. The van der Waals surface area contributed by atoms with Crippen LogP contribution in [0.1, 0.15) is 6.92 Å². The third kappa shape index (κ3) is 3.82. The van der Waals surface area contributed by atoms with Gasteiger partial charge in [0.05, 0.1) is 0 Å². The fourth-order valence-electron chi connectivity index (χ4n) is 0.0833. The van der Waals surface area contributed by atoms with E-state index in [4.69, 9.17) is 0 Å². The average molecular weight is 89.2 g/mol. The molecule has 2 nitrogen and oxygen atoms in total. The van der Waals surface area contributed by atoms with Gasteiger partial charge in [-0.25, -0.2) is 0 Å². The predicted octanol–water partition coefficient (Wildman–Crippen LogP) is -0.707. The van der Waals surface area contributed by atoms with Gasteiger partial charge in [-0.15, -0.1) is 0 Å². The van der Waals surface area contributed by atoms with Crippen molar-refractivity contribution in [3.63, 3.8) is 0 Å². The first kappa shape index (κ1) is 4.82. The summed E-state index contributed by atoms with van der Waals surface area (Å²) in [6.45, 7) is 2.74. The molecule has 0 spiro atoms. The van der Waals surface area contributed by atoms with E-state index in [2.05, 4.69) is 4.98 Å². The molecule has 0 radical (unpaired) electrons. The van der Waals surface area contributed by atoms with Gasteiger partial charge in [0, 0.05) is 6.54 Å². The van der Waals surface area contributed by atoms with Crippen LogP contribution in [-0.4, -0.2) is 16.1 Å². The molecular formula is C2H7NOSi. The van der Waals surface area contributed by atoms with Gasteiger partial charge in [-0.1, -0.05) is 0 Å². The largest absolute Gasteiger partial charge is 0.393 e. The second-order valence-corrected chi connectivity index (χ2v) is 1.32. The van der Waals surface area contributed by atoms with Gasteiger partial charge < -0.3 is 9.44 Å². The first-order valence-corrected chi connectivity index (χ1v) is 2.63. The lowest BCUT2D eigenvalue weighted by atomic mass is 10.8. The minimum atomic E-state index is -0.714. The lowest BCUT2D eigenvalue weighted by molar-refractivity contribution is 0.568. The van der Waals surface area contributed by atoms with Crippen molar-refractivity contribution in [1.29, 1.82) is 0 Å². The van der Waals surface area contributed by atoms with E-state index >= 15 is 0 Å². The summed E-state index contributed by atoms with van der Waals surface area (Å²) < 4.78 is 9.50. The summed E-state index contributed by atoms with van der Waals surface area (Å²) in [4.78, 5) is 2.64. The molecular weight excluding hydrogens is 82.1 g/mol. The zero-order chi connectivity index (χ0) is 4.12. The molecule has 0 aliphatic heterocycles. The van der Waals surface area contributed by atoms with Gasteiger partial charge >= 0.3 is 9.57 Å². The minimum Gasteiger partial charge on any atom is -0.393 e. The molecule has 3 heteroatoms. The van der Waals surface area contributed by atoms with E-state index in [0.29, 0.717) is 0 Å². The van der Waals surface area contributed by atoms with E-state index in [1.807, 2.05) is 6.92 Å². The summed E-state index contributed by atoms with van der Waals surface area (Å²) in [6.07, 6.45) is 0. The van der Waals surface area contributed by atoms with Crippen molar-refractivity contribution in [1.82, 2.24) is 4.98 Å². The molecule has 1 N–H and O–H groups in total. The van der Waals surface area contributed by atoms with Gasteiger partial charge in [0.1, 0.15) is 0 Å². The molecule has 0 saturated heterocycles. The Morgan fingerprint density at radius 3 is 2.60 bits per heavy atom. The Kier molecular flexibility index (Phi) is 3.68. The molecule has 0 fully saturated rings. The highest BCUT2D eigenvalue weighted by atomic mass is 28.2. The maximum absolute atomic E-state index is 9.50. The van der Waals surface area contributed by atoms with Crippen molar-refractivity contribution < 1.29 is 4.46 Å². The zero-order valence-corrected chi connectivity index (χ0v) is 4.35. The van der Waals surface area contributed by atoms with Gasteiger partial charge in [0.2, 0.25) is 0 Å². The molecule has 0 unspecified atom stereocenters. The van der Waals surface area contributed by atoms with E-state index in [-0.39, 0.29) is 0 Å².